The molecule has 1 rings (SSSR count). The van der Waals surface area contributed by atoms with Crippen molar-refractivity contribution in [2.75, 3.05) is 13.7 Å². The quantitative estimate of drug-likeness (QED) is 0.889. The van der Waals surface area contributed by atoms with Crippen LogP contribution in [0.25, 0.3) is 0 Å². The molecule has 0 spiro atoms. The molecule has 1 aromatic rings. The first-order chi connectivity index (χ1) is 8.77. The highest BCUT2D eigenvalue weighted by atomic mass is 16.5. The van der Waals surface area contributed by atoms with Crippen LogP contribution in [0.1, 0.15) is 38.1 Å². The lowest BCUT2D eigenvalue weighted by Gasteiger charge is -2.34. The molecule has 0 bridgehead atoms. The second-order valence-corrected chi connectivity index (χ2v) is 5.53. The van der Waals surface area contributed by atoms with Crippen LogP contribution in [0.15, 0.2) is 24.3 Å². The van der Waals surface area contributed by atoms with Crippen LogP contribution < -0.4 is 4.74 Å². The van der Waals surface area contributed by atoms with Crippen LogP contribution in [0, 0.1) is 0 Å². The Kier molecular flexibility index (Phi) is 4.95. The van der Waals surface area contributed by atoms with Crippen LogP contribution in [0.3, 0.4) is 0 Å². The summed E-state index contributed by atoms with van der Waals surface area (Å²) in [6.07, 6.45) is 0.109. The first-order valence-electron chi connectivity index (χ1n) is 6.43. The Morgan fingerprint density at radius 2 is 1.84 bits per heavy atom. The predicted molar refractivity (Wildman–Crippen MR) is 75.5 cm³/mol. The summed E-state index contributed by atoms with van der Waals surface area (Å²) in [4.78, 5) is 13.8. The number of benzene rings is 1. The standard InChI is InChI=1S/C15H23NO3/c1-11(2)19-13-8-6-12(7-9-13)14(18)16(5)15(3,4)10-17/h6-9,11,17H,10H2,1-5H3. The number of hydrogen-bond donors (Lipinski definition) is 1. The molecule has 0 aliphatic carbocycles. The molecule has 0 fully saturated rings. The van der Waals surface area contributed by atoms with Crippen molar-refractivity contribution in [3.05, 3.63) is 29.8 Å². The highest BCUT2D eigenvalue weighted by Gasteiger charge is 2.27. The highest BCUT2D eigenvalue weighted by molar-refractivity contribution is 5.94. The predicted octanol–water partition coefficient (Wildman–Crippen LogP) is 2.32. The molecule has 0 radical (unpaired) electrons. The van der Waals surface area contributed by atoms with Gasteiger partial charge >= 0.3 is 0 Å². The summed E-state index contributed by atoms with van der Waals surface area (Å²) in [5.74, 6) is 0.630. The Morgan fingerprint density at radius 1 is 1.32 bits per heavy atom. The lowest BCUT2D eigenvalue weighted by Crippen LogP contribution is -2.47. The van der Waals surface area contributed by atoms with Crippen LogP contribution in [-0.4, -0.2) is 41.2 Å². The molecule has 0 heterocycles. The Morgan fingerprint density at radius 3 is 2.26 bits per heavy atom. The van der Waals surface area contributed by atoms with Gasteiger partial charge < -0.3 is 14.7 Å². The van der Waals surface area contributed by atoms with Gasteiger partial charge in [0, 0.05) is 12.6 Å². The smallest absolute Gasteiger partial charge is 0.254 e. The van der Waals surface area contributed by atoms with Gasteiger partial charge in [-0.05, 0) is 52.0 Å². The van der Waals surface area contributed by atoms with Crippen LogP contribution in [0.2, 0.25) is 0 Å². The molecule has 1 amide bonds. The van der Waals surface area contributed by atoms with E-state index in [0.29, 0.717) is 5.56 Å². The molecule has 4 nitrogen and oxygen atoms in total. The summed E-state index contributed by atoms with van der Waals surface area (Å²) in [6.45, 7) is 7.47. The maximum atomic E-state index is 12.3. The van der Waals surface area contributed by atoms with Crippen LogP contribution in [-0.2, 0) is 0 Å². The number of nitrogens with zero attached hydrogens (tertiary/aromatic N) is 1. The summed E-state index contributed by atoms with van der Waals surface area (Å²) in [6, 6.07) is 7.05. The van der Waals surface area contributed by atoms with Crippen molar-refractivity contribution < 1.29 is 14.6 Å². The first kappa shape index (κ1) is 15.5. The topological polar surface area (TPSA) is 49.8 Å². The summed E-state index contributed by atoms with van der Waals surface area (Å²) < 4.78 is 5.53. The van der Waals surface area contributed by atoms with Crippen molar-refractivity contribution in [3.63, 3.8) is 0 Å². The molecule has 4 heteroatoms. The summed E-state index contributed by atoms with van der Waals surface area (Å²) in [7, 11) is 1.69. The van der Waals surface area contributed by atoms with E-state index in [1.165, 1.54) is 0 Å². The van der Waals surface area contributed by atoms with E-state index in [9.17, 15) is 9.90 Å². The number of carbonyl (C=O) groups excluding carboxylic acids is 1. The van der Waals surface area contributed by atoms with Gasteiger partial charge in [-0.2, -0.15) is 0 Å². The largest absolute Gasteiger partial charge is 0.491 e. The number of carbonyl (C=O) groups is 1. The van der Waals surface area contributed by atoms with E-state index in [1.807, 2.05) is 27.7 Å². The number of aliphatic hydroxyl groups excluding tert-OH is 1. The lowest BCUT2D eigenvalue weighted by molar-refractivity contribution is 0.0473. The molecule has 0 atom stereocenters. The number of rotatable bonds is 5. The molecule has 0 saturated carbocycles. The van der Waals surface area contributed by atoms with E-state index >= 15 is 0 Å². The van der Waals surface area contributed by atoms with E-state index < -0.39 is 5.54 Å². The summed E-state index contributed by atoms with van der Waals surface area (Å²) in [5, 5.41) is 9.29. The number of likely N-dealkylation sites (N-methyl/N-ethyl adjacent to an activating group) is 1. The Labute approximate surface area is 115 Å². The van der Waals surface area contributed by atoms with Crippen LogP contribution in [0.4, 0.5) is 0 Å². The number of aliphatic hydroxyl groups is 1. The van der Waals surface area contributed by atoms with E-state index in [0.717, 1.165) is 5.75 Å². The minimum Gasteiger partial charge on any atom is -0.491 e. The van der Waals surface area contributed by atoms with Gasteiger partial charge in [0.05, 0.1) is 18.2 Å². The van der Waals surface area contributed by atoms with Crippen molar-refractivity contribution >= 4 is 5.91 Å². The number of ether oxygens (including phenoxy) is 1. The highest BCUT2D eigenvalue weighted by Crippen LogP contribution is 2.18. The van der Waals surface area contributed by atoms with Gasteiger partial charge in [0.25, 0.3) is 5.91 Å². The maximum Gasteiger partial charge on any atom is 0.254 e. The number of hydrogen-bond acceptors (Lipinski definition) is 3. The summed E-state index contributed by atoms with van der Waals surface area (Å²) in [5.41, 5.74) is 0.00428. The average molecular weight is 265 g/mol. The normalized spacial score (nSPS) is 11.5. The molecule has 1 aromatic carbocycles. The van der Waals surface area contributed by atoms with Crippen LogP contribution >= 0.6 is 0 Å². The van der Waals surface area contributed by atoms with Crippen molar-refractivity contribution in [1.29, 1.82) is 0 Å². The van der Waals surface area contributed by atoms with Crippen LogP contribution in [0.5, 0.6) is 5.75 Å². The molecule has 0 aromatic heterocycles. The van der Waals surface area contributed by atoms with E-state index in [4.69, 9.17) is 4.74 Å². The molecule has 106 valence electrons. The van der Waals surface area contributed by atoms with Gasteiger partial charge in [0.2, 0.25) is 0 Å². The van der Waals surface area contributed by atoms with Crippen molar-refractivity contribution in [2.24, 2.45) is 0 Å². The molecular formula is C15H23NO3. The van der Waals surface area contributed by atoms with E-state index in [2.05, 4.69) is 0 Å². The third-order valence-electron chi connectivity index (χ3n) is 3.07. The fraction of sp³-hybridized carbons (Fsp3) is 0.533. The molecule has 0 unspecified atom stereocenters. The van der Waals surface area contributed by atoms with Gasteiger partial charge in [-0.1, -0.05) is 0 Å². The van der Waals surface area contributed by atoms with E-state index in [1.54, 1.807) is 36.2 Å². The van der Waals surface area contributed by atoms with Crippen molar-refractivity contribution in [3.8, 4) is 5.75 Å². The fourth-order valence-corrected chi connectivity index (χ4v) is 1.52. The van der Waals surface area contributed by atoms with Gasteiger partial charge in [0.1, 0.15) is 5.75 Å². The summed E-state index contributed by atoms with van der Waals surface area (Å²) >= 11 is 0. The van der Waals surface area contributed by atoms with Gasteiger partial charge in [-0.15, -0.1) is 0 Å². The zero-order valence-electron chi connectivity index (χ0n) is 12.3. The Bertz CT molecular complexity index is 424. The third-order valence-corrected chi connectivity index (χ3v) is 3.07. The Hall–Kier alpha value is -1.55. The lowest BCUT2D eigenvalue weighted by atomic mass is 10.0. The van der Waals surface area contributed by atoms with Gasteiger partial charge in [0.15, 0.2) is 0 Å². The third kappa shape index (κ3) is 3.96. The second kappa shape index (κ2) is 6.06. The minimum atomic E-state index is -0.579. The second-order valence-electron chi connectivity index (χ2n) is 5.53. The molecule has 19 heavy (non-hydrogen) atoms. The van der Waals surface area contributed by atoms with Crippen molar-refractivity contribution in [2.45, 2.75) is 39.3 Å². The maximum absolute atomic E-state index is 12.3. The number of amides is 1. The first-order valence-corrected chi connectivity index (χ1v) is 6.43. The zero-order valence-corrected chi connectivity index (χ0v) is 12.3. The van der Waals surface area contributed by atoms with Crippen molar-refractivity contribution in [1.82, 2.24) is 4.90 Å². The SMILES string of the molecule is CC(C)Oc1ccc(C(=O)N(C)C(C)(C)CO)cc1. The molecule has 0 aliphatic rings. The molecule has 1 N–H and O–H groups in total. The van der Waals surface area contributed by atoms with Gasteiger partial charge in [-0.25, -0.2) is 0 Å². The van der Waals surface area contributed by atoms with E-state index in [-0.39, 0.29) is 18.6 Å². The molecule has 0 aliphatic heterocycles. The zero-order chi connectivity index (χ0) is 14.6. The average Bonchev–Trinajstić information content (AvgIpc) is 2.37. The molecule has 0 saturated heterocycles. The monoisotopic (exact) mass is 265 g/mol. The molecular weight excluding hydrogens is 242 g/mol. The minimum absolute atomic E-state index is 0.0796. The Balaban J connectivity index is 2.84. The fourth-order valence-electron chi connectivity index (χ4n) is 1.52. The van der Waals surface area contributed by atoms with Gasteiger partial charge in [-0.3, -0.25) is 4.79 Å².